The zero-order valence-corrected chi connectivity index (χ0v) is 6.72. The van der Waals surface area contributed by atoms with Gasteiger partial charge in [0.2, 0.25) is 5.65 Å². The lowest BCUT2D eigenvalue weighted by atomic mass is 10.4. The number of nitrogens with zero attached hydrogens (tertiary/aromatic N) is 3. The minimum Gasteiger partial charge on any atom is -0.234 e. The molecule has 2 aromatic rings. The standard InChI is InChI=1S/C6H6N4S/c1-11-4-2-3-7-6-5(4)8-10-9-6/h2-3H,1H3,(H,7,8,9,10). The average Bonchev–Trinajstić information content (AvgIpc) is 2.50. The topological polar surface area (TPSA) is 54.5 Å². The Hall–Kier alpha value is -1.10. The van der Waals surface area contributed by atoms with Crippen molar-refractivity contribution in [2.75, 3.05) is 6.26 Å². The molecule has 0 aliphatic carbocycles. The van der Waals surface area contributed by atoms with Crippen molar-refractivity contribution in [1.82, 2.24) is 20.4 Å². The molecule has 0 radical (unpaired) electrons. The van der Waals surface area contributed by atoms with Crippen molar-refractivity contribution in [2.45, 2.75) is 4.90 Å². The molecule has 2 aromatic heterocycles. The third-order valence-electron chi connectivity index (χ3n) is 1.41. The summed E-state index contributed by atoms with van der Waals surface area (Å²) in [6.45, 7) is 0. The quantitative estimate of drug-likeness (QED) is 0.644. The lowest BCUT2D eigenvalue weighted by Gasteiger charge is -1.92. The molecule has 1 N–H and O–H groups in total. The van der Waals surface area contributed by atoms with Crippen LogP contribution in [-0.4, -0.2) is 26.7 Å². The van der Waals surface area contributed by atoms with Gasteiger partial charge in [-0.15, -0.1) is 16.9 Å². The van der Waals surface area contributed by atoms with Crippen LogP contribution in [0.15, 0.2) is 17.2 Å². The van der Waals surface area contributed by atoms with Crippen LogP contribution >= 0.6 is 11.8 Å². The van der Waals surface area contributed by atoms with E-state index in [4.69, 9.17) is 0 Å². The molecular weight excluding hydrogens is 160 g/mol. The van der Waals surface area contributed by atoms with E-state index in [1.807, 2.05) is 12.3 Å². The van der Waals surface area contributed by atoms with E-state index in [2.05, 4.69) is 20.4 Å². The van der Waals surface area contributed by atoms with E-state index in [1.165, 1.54) is 0 Å². The van der Waals surface area contributed by atoms with Crippen molar-refractivity contribution in [3.05, 3.63) is 12.3 Å². The van der Waals surface area contributed by atoms with Gasteiger partial charge in [0.05, 0.1) is 0 Å². The summed E-state index contributed by atoms with van der Waals surface area (Å²) in [7, 11) is 0. The fraction of sp³-hybridized carbons (Fsp3) is 0.167. The largest absolute Gasteiger partial charge is 0.234 e. The molecule has 0 fully saturated rings. The van der Waals surface area contributed by atoms with Crippen LogP contribution in [0.25, 0.3) is 11.2 Å². The molecule has 0 saturated heterocycles. The number of pyridine rings is 1. The Morgan fingerprint density at radius 1 is 1.45 bits per heavy atom. The Bertz CT molecular complexity index is 369. The lowest BCUT2D eigenvalue weighted by Crippen LogP contribution is -1.78. The molecule has 11 heavy (non-hydrogen) atoms. The van der Waals surface area contributed by atoms with Gasteiger partial charge in [0.15, 0.2) is 0 Å². The van der Waals surface area contributed by atoms with E-state index in [-0.39, 0.29) is 0 Å². The Labute approximate surface area is 67.4 Å². The van der Waals surface area contributed by atoms with Crippen molar-refractivity contribution in [2.24, 2.45) is 0 Å². The van der Waals surface area contributed by atoms with Crippen molar-refractivity contribution < 1.29 is 0 Å². The van der Waals surface area contributed by atoms with Crippen molar-refractivity contribution in [3.8, 4) is 0 Å². The number of hydrogen-bond acceptors (Lipinski definition) is 4. The summed E-state index contributed by atoms with van der Waals surface area (Å²) in [6.07, 6.45) is 3.74. The minimum absolute atomic E-state index is 0.678. The van der Waals surface area contributed by atoms with Gasteiger partial charge in [-0.1, -0.05) is 0 Å². The van der Waals surface area contributed by atoms with Gasteiger partial charge >= 0.3 is 0 Å². The summed E-state index contributed by atoms with van der Waals surface area (Å²) in [5, 5.41) is 10.4. The molecule has 5 heteroatoms. The van der Waals surface area contributed by atoms with Crippen LogP contribution in [0.2, 0.25) is 0 Å². The smallest absolute Gasteiger partial charge is 0.202 e. The van der Waals surface area contributed by atoms with Gasteiger partial charge in [0.25, 0.3) is 0 Å². The molecular formula is C6H6N4S. The van der Waals surface area contributed by atoms with Crippen LogP contribution in [-0.2, 0) is 0 Å². The molecule has 0 aliphatic rings. The molecule has 0 aromatic carbocycles. The molecule has 4 nitrogen and oxygen atoms in total. The minimum atomic E-state index is 0.678. The first kappa shape index (κ1) is 6.60. The van der Waals surface area contributed by atoms with Crippen molar-refractivity contribution in [1.29, 1.82) is 0 Å². The number of hydrogen-bond donors (Lipinski definition) is 1. The van der Waals surface area contributed by atoms with Crippen LogP contribution in [0.4, 0.5) is 0 Å². The SMILES string of the molecule is CSc1ccnc2n[nH]nc12. The van der Waals surface area contributed by atoms with Gasteiger partial charge in [0.1, 0.15) is 5.52 Å². The summed E-state index contributed by atoms with van der Waals surface area (Å²) in [5.41, 5.74) is 1.52. The monoisotopic (exact) mass is 166 g/mol. The van der Waals surface area contributed by atoms with Crippen molar-refractivity contribution in [3.63, 3.8) is 0 Å². The average molecular weight is 166 g/mol. The first-order valence-corrected chi connectivity index (χ1v) is 4.34. The van der Waals surface area contributed by atoms with E-state index in [0.717, 1.165) is 10.4 Å². The van der Waals surface area contributed by atoms with Crippen LogP contribution in [0.5, 0.6) is 0 Å². The van der Waals surface area contributed by atoms with E-state index >= 15 is 0 Å². The number of fused-ring (bicyclic) bond motifs is 1. The van der Waals surface area contributed by atoms with Crippen LogP contribution < -0.4 is 0 Å². The molecule has 2 heterocycles. The van der Waals surface area contributed by atoms with Crippen LogP contribution in [0, 0.1) is 0 Å². The lowest BCUT2D eigenvalue weighted by molar-refractivity contribution is 0.953. The van der Waals surface area contributed by atoms with Gasteiger partial charge < -0.3 is 0 Å². The molecule has 0 saturated carbocycles. The maximum absolute atomic E-state index is 4.03. The number of H-pyrrole nitrogens is 1. The van der Waals surface area contributed by atoms with Crippen LogP contribution in [0.1, 0.15) is 0 Å². The first-order valence-electron chi connectivity index (χ1n) is 3.11. The number of aromatic nitrogens is 4. The van der Waals surface area contributed by atoms with Gasteiger partial charge in [-0.2, -0.15) is 10.3 Å². The van der Waals surface area contributed by atoms with E-state index in [0.29, 0.717) is 5.65 Å². The second-order valence-electron chi connectivity index (χ2n) is 2.01. The normalized spacial score (nSPS) is 10.6. The fourth-order valence-electron chi connectivity index (χ4n) is 0.900. The molecule has 0 amide bonds. The highest BCUT2D eigenvalue weighted by atomic mass is 32.2. The fourth-order valence-corrected chi connectivity index (χ4v) is 1.43. The van der Waals surface area contributed by atoms with Gasteiger partial charge in [-0.3, -0.25) is 0 Å². The van der Waals surface area contributed by atoms with E-state index in [1.54, 1.807) is 18.0 Å². The third-order valence-corrected chi connectivity index (χ3v) is 2.17. The number of rotatable bonds is 1. The van der Waals surface area contributed by atoms with E-state index in [9.17, 15) is 0 Å². The molecule has 56 valence electrons. The Kier molecular flexibility index (Phi) is 1.50. The Morgan fingerprint density at radius 2 is 2.36 bits per heavy atom. The molecule has 0 atom stereocenters. The highest BCUT2D eigenvalue weighted by molar-refractivity contribution is 7.98. The summed E-state index contributed by atoms with van der Waals surface area (Å²) in [4.78, 5) is 5.13. The summed E-state index contributed by atoms with van der Waals surface area (Å²) < 4.78 is 0. The second kappa shape index (κ2) is 2.50. The van der Waals surface area contributed by atoms with Gasteiger partial charge in [-0.05, 0) is 12.3 Å². The van der Waals surface area contributed by atoms with Gasteiger partial charge in [0, 0.05) is 11.1 Å². The highest BCUT2D eigenvalue weighted by Gasteiger charge is 2.02. The zero-order valence-electron chi connectivity index (χ0n) is 5.90. The molecule has 0 unspecified atom stereocenters. The van der Waals surface area contributed by atoms with E-state index < -0.39 is 0 Å². The van der Waals surface area contributed by atoms with Crippen LogP contribution in [0.3, 0.4) is 0 Å². The molecule has 0 aliphatic heterocycles. The summed E-state index contributed by atoms with van der Waals surface area (Å²) in [5.74, 6) is 0. The summed E-state index contributed by atoms with van der Waals surface area (Å²) >= 11 is 1.64. The highest BCUT2D eigenvalue weighted by Crippen LogP contribution is 2.20. The third kappa shape index (κ3) is 0.970. The predicted molar refractivity (Wildman–Crippen MR) is 43.5 cm³/mol. The number of thioether (sulfide) groups is 1. The maximum Gasteiger partial charge on any atom is 0.202 e. The maximum atomic E-state index is 4.03. The molecule has 2 rings (SSSR count). The predicted octanol–water partition coefficient (Wildman–Crippen LogP) is 1.07. The second-order valence-corrected chi connectivity index (χ2v) is 2.86. The van der Waals surface area contributed by atoms with Gasteiger partial charge in [-0.25, -0.2) is 4.98 Å². The number of nitrogens with one attached hydrogen (secondary N) is 1. The molecule has 0 spiro atoms. The Morgan fingerprint density at radius 3 is 3.18 bits per heavy atom. The molecule has 0 bridgehead atoms. The summed E-state index contributed by atoms with van der Waals surface area (Å²) in [6, 6.07) is 1.93. The number of aromatic amines is 1. The first-order chi connectivity index (χ1) is 5.42. The Balaban J connectivity index is 2.79. The van der Waals surface area contributed by atoms with Crippen molar-refractivity contribution >= 4 is 22.9 Å². The zero-order chi connectivity index (χ0) is 7.68.